The molecule has 1 aliphatic rings. The van der Waals surface area contributed by atoms with E-state index in [9.17, 15) is 0 Å². The van der Waals surface area contributed by atoms with Crippen molar-refractivity contribution < 1.29 is 0 Å². The van der Waals surface area contributed by atoms with Crippen LogP contribution in [0.2, 0.25) is 0 Å². The Morgan fingerprint density at radius 1 is 1.10 bits per heavy atom. The summed E-state index contributed by atoms with van der Waals surface area (Å²) in [5.74, 6) is 0.708. The topological polar surface area (TPSA) is 12.0 Å². The summed E-state index contributed by atoms with van der Waals surface area (Å²) in [6.07, 6.45) is 3.56. The first-order valence-corrected chi connectivity index (χ1v) is 8.15. The van der Waals surface area contributed by atoms with E-state index in [0.29, 0.717) is 12.0 Å². The van der Waals surface area contributed by atoms with Gasteiger partial charge in [0, 0.05) is 16.2 Å². The Labute approximate surface area is 129 Å². The zero-order chi connectivity index (χ0) is 13.9. The van der Waals surface area contributed by atoms with Gasteiger partial charge in [-0.15, -0.1) is 0 Å². The molecule has 1 aliphatic carbocycles. The third kappa shape index (κ3) is 3.06. The predicted molar refractivity (Wildman–Crippen MR) is 89.3 cm³/mol. The van der Waals surface area contributed by atoms with Crippen LogP contribution in [0, 0.1) is 0 Å². The first kappa shape index (κ1) is 13.7. The highest BCUT2D eigenvalue weighted by Gasteiger charge is 2.30. The summed E-state index contributed by atoms with van der Waals surface area (Å²) in [5.41, 5.74) is 4.11. The van der Waals surface area contributed by atoms with Crippen molar-refractivity contribution in [2.24, 2.45) is 0 Å². The molecular weight excluding hydrogens is 310 g/mol. The zero-order valence-electron chi connectivity index (χ0n) is 11.8. The van der Waals surface area contributed by atoms with Crippen molar-refractivity contribution in [1.29, 1.82) is 0 Å². The summed E-state index contributed by atoms with van der Waals surface area (Å²) in [5, 5.41) is 3.63. The van der Waals surface area contributed by atoms with Crippen LogP contribution in [0.5, 0.6) is 0 Å². The highest BCUT2D eigenvalue weighted by atomic mass is 79.9. The van der Waals surface area contributed by atoms with Crippen LogP contribution >= 0.6 is 15.9 Å². The molecule has 0 spiro atoms. The van der Waals surface area contributed by atoms with Crippen molar-refractivity contribution in [2.75, 3.05) is 5.32 Å². The van der Waals surface area contributed by atoms with E-state index in [4.69, 9.17) is 0 Å². The molecule has 0 atom stereocenters. The number of benzene rings is 2. The van der Waals surface area contributed by atoms with Gasteiger partial charge in [0.25, 0.3) is 0 Å². The lowest BCUT2D eigenvalue weighted by molar-refractivity contribution is 0.374. The number of hydrogen-bond acceptors (Lipinski definition) is 1. The van der Waals surface area contributed by atoms with Gasteiger partial charge in [-0.05, 0) is 60.6 Å². The molecule has 1 saturated carbocycles. The standard InChI is InChI=1S/C18H20BrN/c1-2-13-6-8-17(9-7-13)20-18-11-15(12-18)14-4-3-5-16(19)10-14/h3-10,15,18,20H,2,11-12H2,1H3. The van der Waals surface area contributed by atoms with Gasteiger partial charge in [0.15, 0.2) is 0 Å². The molecule has 3 rings (SSSR count). The van der Waals surface area contributed by atoms with Crippen molar-refractivity contribution in [3.8, 4) is 0 Å². The average Bonchev–Trinajstić information content (AvgIpc) is 2.43. The molecule has 2 aromatic carbocycles. The molecule has 1 fully saturated rings. The fraction of sp³-hybridized carbons (Fsp3) is 0.333. The van der Waals surface area contributed by atoms with E-state index in [1.54, 1.807) is 0 Å². The molecule has 1 N–H and O–H groups in total. The van der Waals surface area contributed by atoms with Gasteiger partial charge in [-0.2, -0.15) is 0 Å². The minimum Gasteiger partial charge on any atom is -0.382 e. The molecule has 2 heteroatoms. The lowest BCUT2D eigenvalue weighted by atomic mass is 9.76. The SMILES string of the molecule is CCc1ccc(NC2CC(c3cccc(Br)c3)C2)cc1. The van der Waals surface area contributed by atoms with Gasteiger partial charge in [0.2, 0.25) is 0 Å². The Morgan fingerprint density at radius 3 is 2.50 bits per heavy atom. The van der Waals surface area contributed by atoms with Gasteiger partial charge in [-0.3, -0.25) is 0 Å². The molecule has 104 valence electrons. The van der Waals surface area contributed by atoms with E-state index in [1.165, 1.54) is 34.1 Å². The Balaban J connectivity index is 1.55. The molecule has 0 bridgehead atoms. The molecule has 20 heavy (non-hydrogen) atoms. The first-order chi connectivity index (χ1) is 9.74. The van der Waals surface area contributed by atoms with Gasteiger partial charge >= 0.3 is 0 Å². The summed E-state index contributed by atoms with van der Waals surface area (Å²) in [7, 11) is 0. The lowest BCUT2D eigenvalue weighted by Crippen LogP contribution is -2.33. The number of hydrogen-bond donors (Lipinski definition) is 1. The Hall–Kier alpha value is -1.28. The summed E-state index contributed by atoms with van der Waals surface area (Å²) >= 11 is 3.55. The number of rotatable bonds is 4. The molecule has 0 amide bonds. The van der Waals surface area contributed by atoms with E-state index in [2.05, 4.69) is 76.7 Å². The van der Waals surface area contributed by atoms with Crippen molar-refractivity contribution >= 4 is 21.6 Å². The average molecular weight is 330 g/mol. The molecule has 1 nitrogen and oxygen atoms in total. The quantitative estimate of drug-likeness (QED) is 0.795. The van der Waals surface area contributed by atoms with Gasteiger partial charge in [0.1, 0.15) is 0 Å². The summed E-state index contributed by atoms with van der Waals surface area (Å²) in [6.45, 7) is 2.19. The summed E-state index contributed by atoms with van der Waals surface area (Å²) in [4.78, 5) is 0. The third-order valence-corrected chi connectivity index (χ3v) is 4.68. The van der Waals surface area contributed by atoms with Crippen molar-refractivity contribution in [3.05, 3.63) is 64.1 Å². The normalized spacial score (nSPS) is 21.3. The van der Waals surface area contributed by atoms with Crippen LogP contribution in [-0.2, 0) is 6.42 Å². The van der Waals surface area contributed by atoms with Gasteiger partial charge in [0.05, 0.1) is 0 Å². The maximum atomic E-state index is 3.63. The molecule has 0 saturated heterocycles. The summed E-state index contributed by atoms with van der Waals surface area (Å²) in [6, 6.07) is 18.2. The second kappa shape index (κ2) is 6.01. The van der Waals surface area contributed by atoms with Crippen LogP contribution in [0.1, 0.15) is 36.8 Å². The fourth-order valence-corrected chi connectivity index (χ4v) is 3.26. The van der Waals surface area contributed by atoms with E-state index in [0.717, 1.165) is 6.42 Å². The minimum absolute atomic E-state index is 0.617. The van der Waals surface area contributed by atoms with Crippen molar-refractivity contribution in [1.82, 2.24) is 0 Å². The molecular formula is C18H20BrN. The summed E-state index contributed by atoms with van der Waals surface area (Å²) < 4.78 is 1.18. The van der Waals surface area contributed by atoms with E-state index in [-0.39, 0.29) is 0 Å². The Bertz CT molecular complexity index is 570. The Morgan fingerprint density at radius 2 is 1.85 bits per heavy atom. The molecule has 0 heterocycles. The third-order valence-electron chi connectivity index (χ3n) is 4.19. The predicted octanol–water partition coefficient (Wildman–Crippen LogP) is 5.37. The number of anilines is 1. The van der Waals surface area contributed by atoms with Crippen molar-refractivity contribution in [2.45, 2.75) is 38.1 Å². The van der Waals surface area contributed by atoms with Crippen LogP contribution in [0.4, 0.5) is 5.69 Å². The molecule has 2 aromatic rings. The lowest BCUT2D eigenvalue weighted by Gasteiger charge is -2.37. The fourth-order valence-electron chi connectivity index (χ4n) is 2.84. The second-order valence-electron chi connectivity index (χ2n) is 5.62. The zero-order valence-corrected chi connectivity index (χ0v) is 13.4. The van der Waals surface area contributed by atoms with Gasteiger partial charge in [-0.25, -0.2) is 0 Å². The highest BCUT2D eigenvalue weighted by Crippen LogP contribution is 2.39. The molecule has 0 aromatic heterocycles. The van der Waals surface area contributed by atoms with E-state index < -0.39 is 0 Å². The van der Waals surface area contributed by atoms with Crippen LogP contribution < -0.4 is 5.32 Å². The van der Waals surface area contributed by atoms with Crippen molar-refractivity contribution in [3.63, 3.8) is 0 Å². The van der Waals surface area contributed by atoms with Crippen LogP contribution in [-0.4, -0.2) is 6.04 Å². The van der Waals surface area contributed by atoms with Gasteiger partial charge < -0.3 is 5.32 Å². The molecule has 0 radical (unpaired) electrons. The minimum atomic E-state index is 0.617. The molecule has 0 unspecified atom stereocenters. The Kier molecular flexibility index (Phi) is 4.11. The first-order valence-electron chi connectivity index (χ1n) is 7.35. The van der Waals surface area contributed by atoms with E-state index >= 15 is 0 Å². The maximum Gasteiger partial charge on any atom is 0.0342 e. The number of halogens is 1. The maximum absolute atomic E-state index is 3.63. The van der Waals surface area contributed by atoms with E-state index in [1.807, 2.05) is 0 Å². The van der Waals surface area contributed by atoms with Crippen LogP contribution in [0.25, 0.3) is 0 Å². The molecule has 0 aliphatic heterocycles. The number of aryl methyl sites for hydroxylation is 1. The smallest absolute Gasteiger partial charge is 0.0342 e. The number of nitrogens with one attached hydrogen (secondary N) is 1. The highest BCUT2D eigenvalue weighted by molar-refractivity contribution is 9.10. The monoisotopic (exact) mass is 329 g/mol. The van der Waals surface area contributed by atoms with Crippen LogP contribution in [0.3, 0.4) is 0 Å². The van der Waals surface area contributed by atoms with Crippen LogP contribution in [0.15, 0.2) is 53.0 Å². The van der Waals surface area contributed by atoms with Gasteiger partial charge in [-0.1, -0.05) is 47.1 Å². The second-order valence-corrected chi connectivity index (χ2v) is 6.53. The largest absolute Gasteiger partial charge is 0.382 e.